The molecule has 1 aliphatic heterocycles. The van der Waals surface area contributed by atoms with E-state index >= 15 is 0 Å². The minimum atomic E-state index is -0.581. The van der Waals surface area contributed by atoms with Crippen molar-refractivity contribution in [2.75, 3.05) is 11.9 Å². The van der Waals surface area contributed by atoms with E-state index in [4.69, 9.17) is 5.73 Å². The van der Waals surface area contributed by atoms with Gasteiger partial charge in [-0.2, -0.15) is 0 Å². The molecule has 0 bridgehead atoms. The maximum absolute atomic E-state index is 12.0. The molecule has 0 saturated carbocycles. The van der Waals surface area contributed by atoms with Crippen LogP contribution in [0, 0.1) is 5.92 Å². The minimum Gasteiger partial charge on any atom is -0.364 e. The molecule has 4 N–H and O–H groups in total. The lowest BCUT2D eigenvalue weighted by molar-refractivity contribution is -0.120. The second kappa shape index (κ2) is 5.45. The predicted octanol–water partition coefficient (Wildman–Crippen LogP) is 0.569. The number of nitrogens with zero attached hydrogens (tertiary/aromatic N) is 1. The van der Waals surface area contributed by atoms with Gasteiger partial charge in [-0.3, -0.25) is 9.59 Å². The molecule has 2 rings (SSSR count). The van der Waals surface area contributed by atoms with Gasteiger partial charge in [0, 0.05) is 17.3 Å². The average molecular weight is 268 g/mol. The summed E-state index contributed by atoms with van der Waals surface area (Å²) in [7, 11) is 0. The Morgan fingerprint density at radius 1 is 1.61 bits per heavy atom. The van der Waals surface area contributed by atoms with E-state index in [2.05, 4.69) is 22.5 Å². The van der Waals surface area contributed by atoms with Gasteiger partial charge in [0.1, 0.15) is 5.69 Å². The number of carbonyl (C=O) groups is 2. The van der Waals surface area contributed by atoms with Crippen molar-refractivity contribution in [3.8, 4) is 0 Å². The number of aromatic nitrogens is 1. The third kappa shape index (κ3) is 3.05. The third-order valence-corrected chi connectivity index (χ3v) is 3.74. The molecule has 0 spiro atoms. The van der Waals surface area contributed by atoms with E-state index in [0.717, 1.165) is 19.4 Å². The molecular weight excluding hydrogens is 252 g/mol. The van der Waals surface area contributed by atoms with Crippen LogP contribution in [0.3, 0.4) is 0 Å². The predicted molar refractivity (Wildman–Crippen MR) is 69.5 cm³/mol. The normalized spacial score (nSPS) is 23.6. The Bertz CT molecular complexity index is 460. The molecule has 18 heavy (non-hydrogen) atoms. The number of carbonyl (C=O) groups excluding carboxylic acids is 2. The number of hydrogen-bond donors (Lipinski definition) is 3. The lowest BCUT2D eigenvalue weighted by Crippen LogP contribution is -2.40. The summed E-state index contributed by atoms with van der Waals surface area (Å²) >= 11 is 1.21. The standard InChI is InChI=1S/C11H16N4O2S/c1-6-4-7(2-3-13-6)10(17)15-11-14-8(5-18-11)9(12)16/h5-7,13H,2-4H2,1H3,(H2,12,16)(H,14,15,17)/t6-,7-/m0/s1. The summed E-state index contributed by atoms with van der Waals surface area (Å²) in [5.41, 5.74) is 5.29. The highest BCUT2D eigenvalue weighted by Gasteiger charge is 2.25. The van der Waals surface area contributed by atoms with Crippen LogP contribution in [0.5, 0.6) is 0 Å². The molecule has 1 fully saturated rings. The smallest absolute Gasteiger partial charge is 0.268 e. The maximum atomic E-state index is 12.0. The van der Waals surface area contributed by atoms with Crippen molar-refractivity contribution in [3.05, 3.63) is 11.1 Å². The van der Waals surface area contributed by atoms with E-state index in [1.54, 1.807) is 5.38 Å². The number of nitrogens with one attached hydrogen (secondary N) is 2. The number of thiazole rings is 1. The van der Waals surface area contributed by atoms with E-state index in [9.17, 15) is 9.59 Å². The first-order chi connectivity index (χ1) is 8.56. The molecule has 1 aliphatic rings. The van der Waals surface area contributed by atoms with Crippen molar-refractivity contribution >= 4 is 28.3 Å². The number of nitrogens with two attached hydrogens (primary N) is 1. The van der Waals surface area contributed by atoms with Crippen molar-refractivity contribution < 1.29 is 9.59 Å². The Balaban J connectivity index is 1.95. The Labute approximate surface area is 109 Å². The van der Waals surface area contributed by atoms with Crippen molar-refractivity contribution in [1.29, 1.82) is 0 Å². The maximum Gasteiger partial charge on any atom is 0.268 e. The first-order valence-corrected chi connectivity index (χ1v) is 6.74. The van der Waals surface area contributed by atoms with Gasteiger partial charge in [0.2, 0.25) is 5.91 Å². The van der Waals surface area contributed by atoms with E-state index in [-0.39, 0.29) is 17.5 Å². The minimum absolute atomic E-state index is 0.00202. The Morgan fingerprint density at radius 2 is 2.39 bits per heavy atom. The van der Waals surface area contributed by atoms with Gasteiger partial charge >= 0.3 is 0 Å². The van der Waals surface area contributed by atoms with Gasteiger partial charge in [0.15, 0.2) is 5.13 Å². The monoisotopic (exact) mass is 268 g/mol. The van der Waals surface area contributed by atoms with Crippen LogP contribution >= 0.6 is 11.3 Å². The molecule has 1 saturated heterocycles. The van der Waals surface area contributed by atoms with Crippen LogP contribution in [0.4, 0.5) is 5.13 Å². The van der Waals surface area contributed by atoms with Crippen molar-refractivity contribution in [1.82, 2.24) is 10.3 Å². The van der Waals surface area contributed by atoms with E-state index in [1.165, 1.54) is 11.3 Å². The van der Waals surface area contributed by atoms with Crippen LogP contribution in [0.1, 0.15) is 30.3 Å². The van der Waals surface area contributed by atoms with Crippen molar-refractivity contribution in [3.63, 3.8) is 0 Å². The number of hydrogen-bond acceptors (Lipinski definition) is 5. The average Bonchev–Trinajstić information content (AvgIpc) is 2.77. The summed E-state index contributed by atoms with van der Waals surface area (Å²) in [6.07, 6.45) is 1.64. The first kappa shape index (κ1) is 13.0. The number of amides is 2. The van der Waals surface area contributed by atoms with Crippen molar-refractivity contribution in [2.24, 2.45) is 11.7 Å². The zero-order valence-electron chi connectivity index (χ0n) is 10.1. The van der Waals surface area contributed by atoms with Crippen LogP contribution in [-0.4, -0.2) is 29.4 Å². The van der Waals surface area contributed by atoms with Crippen molar-refractivity contribution in [2.45, 2.75) is 25.8 Å². The third-order valence-electron chi connectivity index (χ3n) is 2.98. The summed E-state index contributed by atoms with van der Waals surface area (Å²) in [6, 6.07) is 0.354. The fourth-order valence-electron chi connectivity index (χ4n) is 2.02. The summed E-state index contributed by atoms with van der Waals surface area (Å²) in [5, 5.41) is 8.01. The highest BCUT2D eigenvalue weighted by Crippen LogP contribution is 2.20. The van der Waals surface area contributed by atoms with E-state index in [0.29, 0.717) is 11.2 Å². The van der Waals surface area contributed by atoms with Crippen LogP contribution in [0.25, 0.3) is 0 Å². The second-order valence-electron chi connectivity index (χ2n) is 4.47. The second-order valence-corrected chi connectivity index (χ2v) is 5.33. The number of rotatable bonds is 3. The molecule has 98 valence electrons. The van der Waals surface area contributed by atoms with Crippen LogP contribution in [-0.2, 0) is 4.79 Å². The van der Waals surface area contributed by atoms with Gasteiger partial charge in [-0.15, -0.1) is 11.3 Å². The Morgan fingerprint density at radius 3 is 3.00 bits per heavy atom. The highest BCUT2D eigenvalue weighted by atomic mass is 32.1. The Hall–Kier alpha value is -1.47. The van der Waals surface area contributed by atoms with Crippen LogP contribution < -0.4 is 16.4 Å². The molecule has 2 amide bonds. The molecule has 6 nitrogen and oxygen atoms in total. The van der Waals surface area contributed by atoms with Gasteiger partial charge < -0.3 is 16.4 Å². The summed E-state index contributed by atoms with van der Waals surface area (Å²) in [5.74, 6) is -0.613. The molecule has 2 atom stereocenters. The molecule has 1 aromatic heterocycles. The molecular formula is C11H16N4O2S. The number of anilines is 1. The van der Waals surface area contributed by atoms with E-state index in [1.807, 2.05) is 0 Å². The largest absolute Gasteiger partial charge is 0.364 e. The highest BCUT2D eigenvalue weighted by molar-refractivity contribution is 7.14. The Kier molecular flexibility index (Phi) is 3.93. The van der Waals surface area contributed by atoms with Crippen LogP contribution in [0.2, 0.25) is 0 Å². The van der Waals surface area contributed by atoms with Gasteiger partial charge in [-0.1, -0.05) is 0 Å². The van der Waals surface area contributed by atoms with Crippen LogP contribution in [0.15, 0.2) is 5.38 Å². The molecule has 7 heteroatoms. The van der Waals surface area contributed by atoms with E-state index < -0.39 is 5.91 Å². The summed E-state index contributed by atoms with van der Waals surface area (Å²) in [6.45, 7) is 2.91. The first-order valence-electron chi connectivity index (χ1n) is 5.86. The SMILES string of the molecule is C[C@H]1C[C@@H](C(=O)Nc2nc(C(N)=O)cs2)CCN1. The zero-order valence-corrected chi connectivity index (χ0v) is 10.9. The van der Waals surface area contributed by atoms with Gasteiger partial charge in [-0.25, -0.2) is 4.98 Å². The molecule has 1 aromatic rings. The number of piperidine rings is 1. The molecule has 2 heterocycles. The van der Waals surface area contributed by atoms with Gasteiger partial charge in [-0.05, 0) is 26.3 Å². The molecule has 0 unspecified atom stereocenters. The zero-order chi connectivity index (χ0) is 13.1. The molecule has 0 aliphatic carbocycles. The topological polar surface area (TPSA) is 97.1 Å². The van der Waals surface area contributed by atoms with Gasteiger partial charge in [0.25, 0.3) is 5.91 Å². The number of primary amides is 1. The summed E-state index contributed by atoms with van der Waals surface area (Å²) in [4.78, 5) is 26.9. The fraction of sp³-hybridized carbons (Fsp3) is 0.545. The lowest BCUT2D eigenvalue weighted by Gasteiger charge is -2.26. The molecule has 0 aromatic carbocycles. The molecule has 0 radical (unpaired) electrons. The quantitative estimate of drug-likeness (QED) is 0.746. The summed E-state index contributed by atoms with van der Waals surface area (Å²) < 4.78 is 0. The van der Waals surface area contributed by atoms with Gasteiger partial charge in [0.05, 0.1) is 0 Å². The lowest BCUT2D eigenvalue weighted by atomic mass is 9.93. The fourth-order valence-corrected chi connectivity index (χ4v) is 2.72.